The minimum atomic E-state index is -2.31. The quantitative estimate of drug-likeness (QED) is 0.585. The summed E-state index contributed by atoms with van der Waals surface area (Å²) in [4.78, 5) is 1.84. The molecular formula is C6H13NO3S2. The average Bonchev–Trinajstić information content (AvgIpc) is 2.03. The van der Waals surface area contributed by atoms with Crippen LogP contribution in [0.3, 0.4) is 0 Å². The van der Waals surface area contributed by atoms with Gasteiger partial charge in [-0.15, -0.1) is 0 Å². The molecular weight excluding hydrogens is 198 g/mol. The van der Waals surface area contributed by atoms with E-state index in [2.05, 4.69) is 0 Å². The minimum Gasteiger partial charge on any atom is -0.474 e. The van der Waals surface area contributed by atoms with Crippen LogP contribution in [0.5, 0.6) is 0 Å². The second kappa shape index (κ2) is 3.78. The molecule has 1 rings (SSSR count). The van der Waals surface area contributed by atoms with Gasteiger partial charge in [0.05, 0.1) is 18.6 Å². The Balaban J connectivity index is 2.41. The first-order chi connectivity index (χ1) is 5.55. The van der Waals surface area contributed by atoms with E-state index in [4.69, 9.17) is 17.0 Å². The highest BCUT2D eigenvalue weighted by molar-refractivity contribution is 8.24. The van der Waals surface area contributed by atoms with E-state index in [0.29, 0.717) is 29.8 Å². The van der Waals surface area contributed by atoms with Crippen LogP contribution in [-0.2, 0) is 4.74 Å². The van der Waals surface area contributed by atoms with Crippen molar-refractivity contribution in [2.45, 2.75) is 0 Å². The second-order valence-corrected chi connectivity index (χ2v) is 5.44. The van der Waals surface area contributed by atoms with E-state index in [1.54, 1.807) is 0 Å². The molecule has 0 amide bonds. The highest BCUT2D eigenvalue weighted by Gasteiger charge is 2.23. The van der Waals surface area contributed by atoms with Crippen molar-refractivity contribution >= 4 is 28.0 Å². The first kappa shape index (κ1) is 10.0. The fourth-order valence-corrected chi connectivity index (χ4v) is 2.45. The molecule has 0 spiro atoms. The largest absolute Gasteiger partial charge is 0.474 e. The number of hydrogen-bond donors (Lipinski definition) is 2. The Labute approximate surface area is 78.9 Å². The van der Waals surface area contributed by atoms with Crippen LogP contribution in [0.4, 0.5) is 0 Å². The van der Waals surface area contributed by atoms with Crippen molar-refractivity contribution in [1.82, 2.24) is 4.90 Å². The Kier molecular flexibility index (Phi) is 3.16. The molecule has 0 atom stereocenters. The lowest BCUT2D eigenvalue weighted by Crippen LogP contribution is -2.41. The first-order valence-corrected chi connectivity index (χ1v) is 5.91. The predicted octanol–water partition coefficient (Wildman–Crippen LogP) is 0.984. The van der Waals surface area contributed by atoms with Crippen molar-refractivity contribution in [3.8, 4) is 0 Å². The highest BCUT2D eigenvalue weighted by atomic mass is 32.3. The van der Waals surface area contributed by atoms with Crippen LogP contribution in [0, 0.1) is 0 Å². The molecule has 1 aliphatic rings. The molecule has 0 saturated carbocycles. The van der Waals surface area contributed by atoms with Gasteiger partial charge < -0.3 is 9.64 Å². The number of nitrogens with zero attached hydrogens (tertiary/aromatic N) is 1. The van der Waals surface area contributed by atoms with E-state index < -0.39 is 10.6 Å². The molecule has 6 heteroatoms. The second-order valence-electron chi connectivity index (χ2n) is 2.67. The zero-order valence-electron chi connectivity index (χ0n) is 6.89. The molecule has 72 valence electrons. The van der Waals surface area contributed by atoms with Crippen LogP contribution >= 0.6 is 22.8 Å². The fraction of sp³-hybridized carbons (Fsp3) is 0.833. The molecule has 0 bridgehead atoms. The topological polar surface area (TPSA) is 52.9 Å². The van der Waals surface area contributed by atoms with Gasteiger partial charge >= 0.3 is 0 Å². The Hall–Kier alpha value is -0.0400. The van der Waals surface area contributed by atoms with E-state index in [9.17, 15) is 9.11 Å². The standard InChI is InChI=1S/C6H13NO3S2/c1-10-6(11)7-2-4-12(8,9)5-3-7/h8-9H,2-5H2,1H3. The summed E-state index contributed by atoms with van der Waals surface area (Å²) >= 11 is 4.90. The normalized spacial score (nSPS) is 24.8. The van der Waals surface area contributed by atoms with E-state index in [0.717, 1.165) is 0 Å². The van der Waals surface area contributed by atoms with Crippen molar-refractivity contribution in [3.05, 3.63) is 0 Å². The van der Waals surface area contributed by atoms with Gasteiger partial charge in [0.1, 0.15) is 0 Å². The molecule has 0 aliphatic carbocycles. The maximum absolute atomic E-state index is 9.27. The van der Waals surface area contributed by atoms with Crippen LogP contribution in [-0.4, -0.2) is 50.9 Å². The summed E-state index contributed by atoms with van der Waals surface area (Å²) in [6, 6.07) is 0. The van der Waals surface area contributed by atoms with Gasteiger partial charge in [0.2, 0.25) is 0 Å². The average molecular weight is 211 g/mol. The first-order valence-electron chi connectivity index (χ1n) is 3.62. The van der Waals surface area contributed by atoms with Crippen molar-refractivity contribution in [2.24, 2.45) is 0 Å². The van der Waals surface area contributed by atoms with E-state index >= 15 is 0 Å². The molecule has 1 heterocycles. The lowest BCUT2D eigenvalue weighted by atomic mass is 10.5. The summed E-state index contributed by atoms with van der Waals surface area (Å²) in [5, 5.41) is 0.435. The molecule has 4 nitrogen and oxygen atoms in total. The van der Waals surface area contributed by atoms with Gasteiger partial charge in [-0.1, -0.05) is 0 Å². The maximum atomic E-state index is 9.27. The number of methoxy groups -OCH3 is 1. The summed E-state index contributed by atoms with van der Waals surface area (Å²) in [5.41, 5.74) is 0. The molecule has 12 heavy (non-hydrogen) atoms. The zero-order valence-corrected chi connectivity index (χ0v) is 8.53. The van der Waals surface area contributed by atoms with E-state index in [1.807, 2.05) is 4.90 Å². The van der Waals surface area contributed by atoms with Crippen molar-refractivity contribution in [1.29, 1.82) is 0 Å². The summed E-state index contributed by atoms with van der Waals surface area (Å²) in [5.74, 6) is 0.799. The summed E-state index contributed by atoms with van der Waals surface area (Å²) in [6.45, 7) is 1.16. The molecule has 0 unspecified atom stereocenters. The van der Waals surface area contributed by atoms with Crippen molar-refractivity contribution in [2.75, 3.05) is 31.7 Å². The third-order valence-electron chi connectivity index (χ3n) is 1.81. The molecule has 0 aromatic heterocycles. The maximum Gasteiger partial charge on any atom is 0.259 e. The summed E-state index contributed by atoms with van der Waals surface area (Å²) in [7, 11) is -0.792. The molecule has 2 N–H and O–H groups in total. The molecule has 0 radical (unpaired) electrons. The van der Waals surface area contributed by atoms with Crippen LogP contribution in [0.15, 0.2) is 0 Å². The highest BCUT2D eigenvalue weighted by Crippen LogP contribution is 2.40. The SMILES string of the molecule is COC(=S)N1CCS(O)(O)CC1. The molecule has 0 aromatic rings. The third-order valence-corrected chi connectivity index (χ3v) is 3.91. The van der Waals surface area contributed by atoms with Gasteiger partial charge in [0.15, 0.2) is 0 Å². The van der Waals surface area contributed by atoms with E-state index in [1.165, 1.54) is 7.11 Å². The Bertz CT molecular complexity index is 176. The summed E-state index contributed by atoms with van der Waals surface area (Å²) in [6.07, 6.45) is 0. The van der Waals surface area contributed by atoms with Gasteiger partial charge in [0.25, 0.3) is 5.17 Å². The number of thiocarbonyl (C=S) groups is 1. The van der Waals surface area contributed by atoms with Gasteiger partial charge in [-0.05, 0) is 12.2 Å². The minimum absolute atomic E-state index is 0.399. The zero-order chi connectivity index (χ0) is 9.19. The van der Waals surface area contributed by atoms with Crippen LogP contribution < -0.4 is 0 Å². The Morgan fingerprint density at radius 2 is 1.92 bits per heavy atom. The smallest absolute Gasteiger partial charge is 0.259 e. The summed E-state index contributed by atoms with van der Waals surface area (Å²) < 4.78 is 23.4. The molecule has 1 fully saturated rings. The predicted molar refractivity (Wildman–Crippen MR) is 53.8 cm³/mol. The monoisotopic (exact) mass is 211 g/mol. The molecule has 1 saturated heterocycles. The van der Waals surface area contributed by atoms with Crippen molar-refractivity contribution < 1.29 is 13.8 Å². The van der Waals surface area contributed by atoms with Gasteiger partial charge in [-0.25, -0.2) is 0 Å². The van der Waals surface area contributed by atoms with Crippen LogP contribution in [0.1, 0.15) is 0 Å². The Morgan fingerprint density at radius 3 is 2.33 bits per heavy atom. The molecule has 0 aromatic carbocycles. The van der Waals surface area contributed by atoms with Gasteiger partial charge in [0, 0.05) is 13.1 Å². The number of ether oxygens (including phenoxy) is 1. The van der Waals surface area contributed by atoms with E-state index in [-0.39, 0.29) is 0 Å². The number of rotatable bonds is 0. The number of hydrogen-bond acceptors (Lipinski definition) is 4. The van der Waals surface area contributed by atoms with Gasteiger partial charge in [-0.3, -0.25) is 9.11 Å². The van der Waals surface area contributed by atoms with Crippen molar-refractivity contribution in [3.63, 3.8) is 0 Å². The van der Waals surface area contributed by atoms with Crippen LogP contribution in [0.2, 0.25) is 0 Å². The fourth-order valence-electron chi connectivity index (χ4n) is 1.04. The lowest BCUT2D eigenvalue weighted by molar-refractivity contribution is 0.300. The Morgan fingerprint density at radius 1 is 1.42 bits per heavy atom. The van der Waals surface area contributed by atoms with Crippen LogP contribution in [0.25, 0.3) is 0 Å². The molecule has 1 aliphatic heterocycles. The lowest BCUT2D eigenvalue weighted by Gasteiger charge is -2.41. The van der Waals surface area contributed by atoms with Gasteiger partial charge in [-0.2, -0.15) is 10.6 Å². The third kappa shape index (κ3) is 2.48.